The number of nitrogens with two attached hydrogens (primary N) is 1. The van der Waals surface area contributed by atoms with Crippen molar-refractivity contribution in [2.75, 3.05) is 44.5 Å². The maximum Gasteiger partial charge on any atom is 0.337 e. The number of rotatable bonds is 7. The summed E-state index contributed by atoms with van der Waals surface area (Å²) in [4.78, 5) is 13.5. The molecule has 1 aromatic carbocycles. The van der Waals surface area contributed by atoms with Crippen LogP contribution in [0.2, 0.25) is 0 Å². The minimum atomic E-state index is -0.418. The Hall–Kier alpha value is -2.26. The molecule has 6 heteroatoms. The SMILES string of the molecule is COCCN(CCC#N)c1cc(C(=O)OC)ccc1N. The minimum Gasteiger partial charge on any atom is -0.465 e. The molecule has 108 valence electrons. The van der Waals surface area contributed by atoms with Gasteiger partial charge in [0, 0.05) is 20.2 Å². The fraction of sp³-hybridized carbons (Fsp3) is 0.429. The Morgan fingerprint density at radius 1 is 1.40 bits per heavy atom. The number of hydrogen-bond acceptors (Lipinski definition) is 6. The highest BCUT2D eigenvalue weighted by molar-refractivity contribution is 5.92. The lowest BCUT2D eigenvalue weighted by Gasteiger charge is -2.25. The standard InChI is InChI=1S/C14H19N3O3/c1-19-9-8-17(7-3-6-15)13-10-11(14(18)20-2)4-5-12(13)16/h4-5,10H,3,7-9,16H2,1-2H3. The molecule has 6 nitrogen and oxygen atoms in total. The summed E-state index contributed by atoms with van der Waals surface area (Å²) in [5.41, 5.74) is 7.64. The van der Waals surface area contributed by atoms with E-state index in [9.17, 15) is 4.79 Å². The molecule has 1 rings (SSSR count). The Morgan fingerprint density at radius 2 is 2.15 bits per heavy atom. The number of methoxy groups -OCH3 is 2. The number of nitrogens with zero attached hydrogens (tertiary/aromatic N) is 2. The molecular weight excluding hydrogens is 258 g/mol. The number of nitriles is 1. The third-order valence-electron chi connectivity index (χ3n) is 2.85. The van der Waals surface area contributed by atoms with Gasteiger partial charge in [-0.15, -0.1) is 0 Å². The Balaban J connectivity index is 3.03. The summed E-state index contributed by atoms with van der Waals surface area (Å²) < 4.78 is 9.75. The first kappa shape index (κ1) is 15.8. The van der Waals surface area contributed by atoms with Crippen LogP contribution in [0.4, 0.5) is 11.4 Å². The van der Waals surface area contributed by atoms with Crippen LogP contribution in [0.25, 0.3) is 0 Å². The lowest BCUT2D eigenvalue weighted by atomic mass is 10.1. The van der Waals surface area contributed by atoms with Crippen molar-refractivity contribution in [3.05, 3.63) is 23.8 Å². The number of ether oxygens (including phenoxy) is 2. The van der Waals surface area contributed by atoms with E-state index < -0.39 is 5.97 Å². The van der Waals surface area contributed by atoms with Gasteiger partial charge in [0.2, 0.25) is 0 Å². The van der Waals surface area contributed by atoms with Crippen molar-refractivity contribution in [1.82, 2.24) is 0 Å². The highest BCUT2D eigenvalue weighted by Crippen LogP contribution is 2.25. The molecule has 0 amide bonds. The summed E-state index contributed by atoms with van der Waals surface area (Å²) in [7, 11) is 2.94. The van der Waals surface area contributed by atoms with Crippen molar-refractivity contribution < 1.29 is 14.3 Å². The molecule has 0 saturated heterocycles. The zero-order valence-corrected chi connectivity index (χ0v) is 11.8. The van der Waals surface area contributed by atoms with Gasteiger partial charge in [-0.2, -0.15) is 5.26 Å². The average molecular weight is 277 g/mol. The molecule has 20 heavy (non-hydrogen) atoms. The smallest absolute Gasteiger partial charge is 0.337 e. The van der Waals surface area contributed by atoms with E-state index in [2.05, 4.69) is 6.07 Å². The molecule has 0 atom stereocenters. The summed E-state index contributed by atoms with van der Waals surface area (Å²) in [5, 5.41) is 8.72. The molecule has 0 unspecified atom stereocenters. The van der Waals surface area contributed by atoms with Gasteiger partial charge in [-0.25, -0.2) is 4.79 Å². The van der Waals surface area contributed by atoms with Crippen molar-refractivity contribution in [1.29, 1.82) is 5.26 Å². The number of hydrogen-bond donors (Lipinski definition) is 1. The number of nitrogen functional groups attached to an aromatic ring is 1. The zero-order valence-electron chi connectivity index (χ0n) is 11.8. The van der Waals surface area contributed by atoms with Gasteiger partial charge in [0.15, 0.2) is 0 Å². The molecule has 0 aliphatic heterocycles. The van der Waals surface area contributed by atoms with Gasteiger partial charge in [0.05, 0.1) is 43.1 Å². The predicted octanol–water partition coefficient (Wildman–Crippen LogP) is 1.42. The first-order valence-electron chi connectivity index (χ1n) is 6.22. The quantitative estimate of drug-likeness (QED) is 0.599. The first-order chi connectivity index (χ1) is 9.63. The summed E-state index contributed by atoms with van der Waals surface area (Å²) in [6.45, 7) is 1.62. The summed E-state index contributed by atoms with van der Waals surface area (Å²) in [6, 6.07) is 7.05. The first-order valence-corrected chi connectivity index (χ1v) is 6.22. The second-order valence-corrected chi connectivity index (χ2v) is 4.15. The fourth-order valence-electron chi connectivity index (χ4n) is 1.80. The summed E-state index contributed by atoms with van der Waals surface area (Å²) in [6.07, 6.45) is 0.367. The highest BCUT2D eigenvalue weighted by Gasteiger charge is 2.13. The number of esters is 1. The van der Waals surface area contributed by atoms with Crippen LogP contribution >= 0.6 is 0 Å². The Labute approximate surface area is 118 Å². The van der Waals surface area contributed by atoms with E-state index in [0.717, 1.165) is 0 Å². The van der Waals surface area contributed by atoms with Crippen LogP contribution in [-0.2, 0) is 9.47 Å². The second kappa shape index (κ2) is 8.02. The molecule has 0 saturated carbocycles. The molecule has 2 N–H and O–H groups in total. The van der Waals surface area contributed by atoms with Crippen LogP contribution < -0.4 is 10.6 Å². The molecular formula is C14H19N3O3. The van der Waals surface area contributed by atoms with Crippen molar-refractivity contribution in [2.45, 2.75) is 6.42 Å². The number of anilines is 2. The van der Waals surface area contributed by atoms with Gasteiger partial charge < -0.3 is 20.1 Å². The predicted molar refractivity (Wildman–Crippen MR) is 76.5 cm³/mol. The largest absolute Gasteiger partial charge is 0.465 e. The van der Waals surface area contributed by atoms with E-state index in [4.69, 9.17) is 20.5 Å². The van der Waals surface area contributed by atoms with Crippen LogP contribution in [0.5, 0.6) is 0 Å². The van der Waals surface area contributed by atoms with Crippen molar-refractivity contribution in [3.8, 4) is 6.07 Å². The van der Waals surface area contributed by atoms with Gasteiger partial charge in [0.1, 0.15) is 0 Å². The van der Waals surface area contributed by atoms with E-state index >= 15 is 0 Å². The summed E-state index contributed by atoms with van der Waals surface area (Å²) >= 11 is 0. The third kappa shape index (κ3) is 4.14. The molecule has 0 aromatic heterocycles. The maximum absolute atomic E-state index is 11.6. The zero-order chi connectivity index (χ0) is 15.0. The molecule has 0 radical (unpaired) electrons. The Kier molecular flexibility index (Phi) is 6.33. The van der Waals surface area contributed by atoms with E-state index in [1.807, 2.05) is 4.90 Å². The highest BCUT2D eigenvalue weighted by atomic mass is 16.5. The van der Waals surface area contributed by atoms with E-state index in [0.29, 0.717) is 43.1 Å². The Morgan fingerprint density at radius 3 is 2.75 bits per heavy atom. The van der Waals surface area contributed by atoms with Crippen molar-refractivity contribution in [3.63, 3.8) is 0 Å². The molecule has 0 aliphatic carbocycles. The van der Waals surface area contributed by atoms with Gasteiger partial charge >= 0.3 is 5.97 Å². The van der Waals surface area contributed by atoms with Crippen LogP contribution in [0.3, 0.4) is 0 Å². The molecule has 0 aliphatic rings. The Bertz CT molecular complexity index is 497. The topological polar surface area (TPSA) is 88.6 Å². The monoisotopic (exact) mass is 277 g/mol. The van der Waals surface area contributed by atoms with Gasteiger partial charge in [-0.1, -0.05) is 0 Å². The van der Waals surface area contributed by atoms with E-state index in [1.54, 1.807) is 25.3 Å². The lowest BCUT2D eigenvalue weighted by Crippen LogP contribution is -2.29. The lowest BCUT2D eigenvalue weighted by molar-refractivity contribution is 0.0601. The third-order valence-corrected chi connectivity index (χ3v) is 2.85. The molecule has 0 spiro atoms. The van der Waals surface area contributed by atoms with Crippen LogP contribution in [0.15, 0.2) is 18.2 Å². The molecule has 0 bridgehead atoms. The fourth-order valence-corrected chi connectivity index (χ4v) is 1.80. The molecule has 0 fully saturated rings. The normalized spacial score (nSPS) is 9.85. The van der Waals surface area contributed by atoms with Crippen LogP contribution in [0, 0.1) is 11.3 Å². The van der Waals surface area contributed by atoms with Gasteiger partial charge in [0.25, 0.3) is 0 Å². The molecule has 1 aromatic rings. The van der Waals surface area contributed by atoms with Crippen molar-refractivity contribution in [2.24, 2.45) is 0 Å². The van der Waals surface area contributed by atoms with Crippen molar-refractivity contribution >= 4 is 17.3 Å². The van der Waals surface area contributed by atoms with Gasteiger partial charge in [-0.05, 0) is 18.2 Å². The molecule has 0 heterocycles. The number of carbonyl (C=O) groups excluding carboxylic acids is 1. The summed E-state index contributed by atoms with van der Waals surface area (Å²) in [5.74, 6) is -0.418. The minimum absolute atomic E-state index is 0.367. The number of benzene rings is 1. The average Bonchev–Trinajstić information content (AvgIpc) is 2.47. The maximum atomic E-state index is 11.6. The van der Waals surface area contributed by atoms with Crippen LogP contribution in [-0.4, -0.2) is 39.9 Å². The van der Waals surface area contributed by atoms with Crippen LogP contribution in [0.1, 0.15) is 16.8 Å². The number of carbonyl (C=O) groups is 1. The van der Waals surface area contributed by atoms with Gasteiger partial charge in [-0.3, -0.25) is 0 Å². The van der Waals surface area contributed by atoms with E-state index in [1.165, 1.54) is 7.11 Å². The van der Waals surface area contributed by atoms with E-state index in [-0.39, 0.29) is 0 Å². The second-order valence-electron chi connectivity index (χ2n) is 4.15.